The van der Waals surface area contributed by atoms with Crippen molar-refractivity contribution in [2.24, 2.45) is 7.05 Å². The Hall–Kier alpha value is -3.41. The fourth-order valence-electron chi connectivity index (χ4n) is 2.89. The molecule has 2 N–H and O–H groups in total. The van der Waals surface area contributed by atoms with E-state index in [4.69, 9.17) is 0 Å². The minimum Gasteiger partial charge on any atom is -0.352 e. The quantitative estimate of drug-likeness (QED) is 0.603. The number of fused-ring (bicyclic) bond motifs is 1. The summed E-state index contributed by atoms with van der Waals surface area (Å²) in [6, 6.07) is 5.91. The van der Waals surface area contributed by atoms with E-state index >= 15 is 0 Å². The number of aryl methyl sites for hydroxylation is 1. The van der Waals surface area contributed by atoms with E-state index in [1.54, 1.807) is 10.9 Å². The van der Waals surface area contributed by atoms with Gasteiger partial charge in [0.25, 0.3) is 0 Å². The number of rotatable bonds is 3. The number of pyridine rings is 1. The topological polar surface area (TPSA) is 75.2 Å². The highest BCUT2D eigenvalue weighted by Gasteiger charge is 2.10. The molecule has 0 amide bonds. The van der Waals surface area contributed by atoms with Crippen LogP contribution in [0.3, 0.4) is 0 Å². The third kappa shape index (κ3) is 2.67. The van der Waals surface area contributed by atoms with Crippen molar-refractivity contribution < 1.29 is 0 Å². The second-order valence-electron chi connectivity index (χ2n) is 5.87. The molecule has 0 saturated heterocycles. The summed E-state index contributed by atoms with van der Waals surface area (Å²) in [6.45, 7) is 6.09. The first-order chi connectivity index (χ1) is 12.2. The molecular weight excluding hydrogens is 312 g/mol. The Kier molecular flexibility index (Phi) is 3.57. The van der Waals surface area contributed by atoms with Gasteiger partial charge in [-0.3, -0.25) is 14.8 Å². The van der Waals surface area contributed by atoms with E-state index in [9.17, 15) is 0 Å². The van der Waals surface area contributed by atoms with E-state index in [2.05, 4.69) is 44.0 Å². The number of hydrogen-bond acceptors (Lipinski definition) is 3. The maximum Gasteiger partial charge on any atom is 0.116 e. The second kappa shape index (κ2) is 5.90. The molecule has 0 aliphatic carbocycles. The summed E-state index contributed by atoms with van der Waals surface area (Å²) in [4.78, 5) is 7.75. The summed E-state index contributed by atoms with van der Waals surface area (Å²) in [6.07, 6.45) is 9.75. The van der Waals surface area contributed by atoms with Gasteiger partial charge in [0, 0.05) is 30.2 Å². The summed E-state index contributed by atoms with van der Waals surface area (Å²) >= 11 is 0. The molecule has 0 atom stereocenters. The van der Waals surface area contributed by atoms with Crippen LogP contribution in [-0.4, -0.2) is 29.9 Å². The van der Waals surface area contributed by atoms with Crippen molar-refractivity contribution in [3.63, 3.8) is 0 Å². The Balaban J connectivity index is 1.88. The van der Waals surface area contributed by atoms with Gasteiger partial charge < -0.3 is 4.98 Å². The standard InChI is InChI=1S/C19H18N6/c1-4-13(14-10-21-25(3)11-14)8-15-12(2)23-24-19(15)18-9-17-16(22-18)6-5-7-20-17/h4-11,22-23H,2H2,1,3H3/b13-4+,15-8+. The molecule has 124 valence electrons. The normalized spacial score (nSPS) is 13.0. The smallest absolute Gasteiger partial charge is 0.116 e. The lowest BCUT2D eigenvalue weighted by Gasteiger charge is -1.97. The molecule has 0 saturated carbocycles. The average Bonchev–Trinajstić information content (AvgIpc) is 3.31. The SMILES string of the molecule is C=c1[nH]nc(-c2cc3ncccc3[nH]2)/c1=C/C(=C\C)c1cnn(C)c1. The van der Waals surface area contributed by atoms with Crippen LogP contribution in [-0.2, 0) is 7.05 Å². The molecule has 0 fully saturated rings. The number of hydrogen-bond donors (Lipinski definition) is 2. The first kappa shape index (κ1) is 15.1. The first-order valence-electron chi connectivity index (χ1n) is 8.00. The van der Waals surface area contributed by atoms with Crippen LogP contribution in [0.5, 0.6) is 0 Å². The van der Waals surface area contributed by atoms with Gasteiger partial charge in [-0.15, -0.1) is 0 Å². The van der Waals surface area contributed by atoms with E-state index in [0.717, 1.165) is 44.1 Å². The number of aromatic nitrogens is 6. The second-order valence-corrected chi connectivity index (χ2v) is 5.87. The van der Waals surface area contributed by atoms with Crippen molar-refractivity contribution in [3.05, 3.63) is 59.0 Å². The van der Waals surface area contributed by atoms with Crippen molar-refractivity contribution in [2.75, 3.05) is 0 Å². The molecule has 0 spiro atoms. The Labute approximate surface area is 144 Å². The number of aromatic amines is 2. The molecule has 0 aliphatic rings. The van der Waals surface area contributed by atoms with Gasteiger partial charge in [-0.05, 0) is 36.8 Å². The van der Waals surface area contributed by atoms with E-state index in [1.165, 1.54) is 0 Å². The summed E-state index contributed by atoms with van der Waals surface area (Å²) in [5, 5.41) is 13.4. The number of allylic oxidation sites excluding steroid dienone is 2. The fourth-order valence-corrected chi connectivity index (χ4v) is 2.89. The maximum atomic E-state index is 4.44. The minimum atomic E-state index is 0.768. The van der Waals surface area contributed by atoms with Crippen molar-refractivity contribution in [1.29, 1.82) is 0 Å². The van der Waals surface area contributed by atoms with Gasteiger partial charge in [-0.25, -0.2) is 0 Å². The molecule has 6 nitrogen and oxygen atoms in total. The first-order valence-corrected chi connectivity index (χ1v) is 8.00. The van der Waals surface area contributed by atoms with Crippen LogP contribution in [0.4, 0.5) is 0 Å². The third-order valence-electron chi connectivity index (χ3n) is 4.18. The van der Waals surface area contributed by atoms with Gasteiger partial charge in [0.1, 0.15) is 5.69 Å². The zero-order valence-electron chi connectivity index (χ0n) is 14.1. The third-order valence-corrected chi connectivity index (χ3v) is 4.18. The van der Waals surface area contributed by atoms with Crippen LogP contribution in [0.1, 0.15) is 12.5 Å². The lowest BCUT2D eigenvalue weighted by molar-refractivity contribution is 0.767. The average molecular weight is 330 g/mol. The summed E-state index contributed by atoms with van der Waals surface area (Å²) < 4.78 is 1.79. The number of nitrogens with zero attached hydrogens (tertiary/aromatic N) is 4. The highest BCUT2D eigenvalue weighted by Crippen LogP contribution is 2.19. The van der Waals surface area contributed by atoms with Crippen LogP contribution in [0.15, 0.2) is 42.9 Å². The summed E-state index contributed by atoms with van der Waals surface area (Å²) in [7, 11) is 1.91. The van der Waals surface area contributed by atoms with Crippen molar-refractivity contribution in [2.45, 2.75) is 6.92 Å². The van der Waals surface area contributed by atoms with Gasteiger partial charge in [0.2, 0.25) is 0 Å². The fraction of sp³-hybridized carbons (Fsp3) is 0.105. The van der Waals surface area contributed by atoms with Crippen molar-refractivity contribution >= 4 is 29.3 Å². The summed E-state index contributed by atoms with van der Waals surface area (Å²) in [5.74, 6) is 0. The van der Waals surface area contributed by atoms with Crippen LogP contribution in [0, 0.1) is 0 Å². The molecule has 4 aromatic heterocycles. The highest BCUT2D eigenvalue weighted by molar-refractivity contribution is 5.89. The lowest BCUT2D eigenvalue weighted by Crippen LogP contribution is -2.22. The zero-order valence-corrected chi connectivity index (χ0v) is 14.1. The monoisotopic (exact) mass is 330 g/mol. The molecular formula is C19H18N6. The van der Waals surface area contributed by atoms with Crippen molar-refractivity contribution in [3.8, 4) is 11.4 Å². The Morgan fingerprint density at radius 1 is 1.36 bits per heavy atom. The molecule has 4 heterocycles. The van der Waals surface area contributed by atoms with Gasteiger partial charge in [-0.2, -0.15) is 10.2 Å². The maximum absolute atomic E-state index is 4.44. The molecule has 0 unspecified atom stereocenters. The highest BCUT2D eigenvalue weighted by atomic mass is 15.2. The molecule has 4 aromatic rings. The molecule has 0 aromatic carbocycles. The number of H-pyrrole nitrogens is 2. The number of nitrogens with one attached hydrogen (secondary N) is 2. The molecule has 0 aliphatic heterocycles. The van der Waals surface area contributed by atoms with Gasteiger partial charge in [0.05, 0.1) is 28.3 Å². The predicted molar refractivity (Wildman–Crippen MR) is 99.8 cm³/mol. The van der Waals surface area contributed by atoms with Crippen LogP contribution < -0.4 is 10.6 Å². The Morgan fingerprint density at radius 2 is 2.24 bits per heavy atom. The molecule has 0 bridgehead atoms. The molecule has 4 rings (SSSR count). The molecule has 6 heteroatoms. The van der Waals surface area contributed by atoms with E-state index in [1.807, 2.05) is 44.6 Å². The van der Waals surface area contributed by atoms with Crippen LogP contribution in [0.25, 0.3) is 40.6 Å². The zero-order chi connectivity index (χ0) is 17.4. The van der Waals surface area contributed by atoms with Crippen molar-refractivity contribution in [1.82, 2.24) is 29.9 Å². The van der Waals surface area contributed by atoms with Crippen LogP contribution >= 0.6 is 0 Å². The van der Waals surface area contributed by atoms with E-state index < -0.39 is 0 Å². The van der Waals surface area contributed by atoms with E-state index in [0.29, 0.717) is 0 Å². The molecule has 25 heavy (non-hydrogen) atoms. The van der Waals surface area contributed by atoms with Crippen LogP contribution in [0.2, 0.25) is 0 Å². The van der Waals surface area contributed by atoms with Gasteiger partial charge in [0.15, 0.2) is 0 Å². The lowest BCUT2D eigenvalue weighted by atomic mass is 10.1. The van der Waals surface area contributed by atoms with E-state index in [-0.39, 0.29) is 0 Å². The van der Waals surface area contributed by atoms with Gasteiger partial charge in [-0.1, -0.05) is 12.7 Å². The predicted octanol–water partition coefficient (Wildman–Crippen LogP) is 1.98. The largest absolute Gasteiger partial charge is 0.352 e. The Morgan fingerprint density at radius 3 is 2.96 bits per heavy atom. The molecule has 0 radical (unpaired) electrons. The minimum absolute atomic E-state index is 0.768. The summed E-state index contributed by atoms with van der Waals surface area (Å²) in [5.41, 5.74) is 5.75. The van der Waals surface area contributed by atoms with Gasteiger partial charge >= 0.3 is 0 Å². The Bertz CT molecular complexity index is 1160.